The van der Waals surface area contributed by atoms with Crippen molar-refractivity contribution in [3.63, 3.8) is 0 Å². The van der Waals surface area contributed by atoms with E-state index in [2.05, 4.69) is 6.92 Å². The minimum atomic E-state index is -2.27. The van der Waals surface area contributed by atoms with E-state index in [1.54, 1.807) is 0 Å². The molecular formula is C14H26O8. The molecule has 0 saturated carbocycles. The van der Waals surface area contributed by atoms with Crippen molar-refractivity contribution in [2.75, 3.05) is 0 Å². The number of carbonyl (C=O) groups is 3. The molecule has 0 bridgehead atoms. The van der Waals surface area contributed by atoms with E-state index in [1.165, 1.54) is 32.1 Å². The second-order valence-electron chi connectivity index (χ2n) is 4.83. The van der Waals surface area contributed by atoms with E-state index in [1.807, 2.05) is 0 Å². The third-order valence-corrected chi connectivity index (χ3v) is 2.80. The van der Waals surface area contributed by atoms with Gasteiger partial charge in [-0.15, -0.1) is 0 Å². The van der Waals surface area contributed by atoms with Gasteiger partial charge in [-0.2, -0.15) is 0 Å². The van der Waals surface area contributed by atoms with Crippen molar-refractivity contribution in [3.05, 3.63) is 0 Å². The number of aliphatic hydroxyl groups excluding tert-OH is 2. The average Bonchev–Trinajstić information content (AvgIpc) is 2.44. The van der Waals surface area contributed by atoms with Crippen LogP contribution >= 0.6 is 0 Å². The third kappa shape index (κ3) is 14.7. The zero-order chi connectivity index (χ0) is 17.5. The Morgan fingerprint density at radius 2 is 1.09 bits per heavy atom. The summed E-state index contributed by atoms with van der Waals surface area (Å²) in [5, 5.41) is 40.9. The Morgan fingerprint density at radius 1 is 0.727 bits per heavy atom. The fraction of sp³-hybridized carbons (Fsp3) is 0.786. The molecule has 0 aliphatic heterocycles. The van der Waals surface area contributed by atoms with Crippen LogP contribution in [0.1, 0.15) is 58.3 Å². The minimum Gasteiger partial charge on any atom is -0.481 e. The summed E-state index contributed by atoms with van der Waals surface area (Å²) in [5.74, 6) is -4.20. The highest BCUT2D eigenvalue weighted by Gasteiger charge is 2.29. The second kappa shape index (κ2) is 14.3. The van der Waals surface area contributed by atoms with Gasteiger partial charge in [0.1, 0.15) is 0 Å². The molecule has 130 valence electrons. The summed E-state index contributed by atoms with van der Waals surface area (Å²) in [7, 11) is 0. The van der Waals surface area contributed by atoms with Gasteiger partial charge in [0.25, 0.3) is 0 Å². The Labute approximate surface area is 129 Å². The largest absolute Gasteiger partial charge is 0.481 e. The van der Waals surface area contributed by atoms with Gasteiger partial charge in [0.15, 0.2) is 12.2 Å². The summed E-state index contributed by atoms with van der Waals surface area (Å²) in [5.41, 5.74) is 0. The van der Waals surface area contributed by atoms with E-state index in [4.69, 9.17) is 25.5 Å². The molecule has 0 spiro atoms. The van der Waals surface area contributed by atoms with Crippen LogP contribution in [-0.4, -0.2) is 55.6 Å². The molecule has 0 aromatic rings. The molecule has 0 aromatic heterocycles. The lowest BCUT2D eigenvalue weighted by Gasteiger charge is -2.07. The van der Waals surface area contributed by atoms with Crippen LogP contribution in [0.3, 0.4) is 0 Å². The number of carboxylic acid groups (broad SMARTS) is 3. The summed E-state index contributed by atoms with van der Waals surface area (Å²) in [4.78, 5) is 29.7. The van der Waals surface area contributed by atoms with Gasteiger partial charge in [-0.05, 0) is 6.42 Å². The number of hydrogen-bond acceptors (Lipinski definition) is 5. The van der Waals surface area contributed by atoms with Gasteiger partial charge in [-0.3, -0.25) is 4.79 Å². The first-order chi connectivity index (χ1) is 10.2. The monoisotopic (exact) mass is 322 g/mol. The lowest BCUT2D eigenvalue weighted by atomic mass is 10.1. The fourth-order valence-electron chi connectivity index (χ4n) is 1.50. The van der Waals surface area contributed by atoms with Crippen molar-refractivity contribution < 1.29 is 39.9 Å². The maximum Gasteiger partial charge on any atom is 0.335 e. The molecule has 8 heteroatoms. The van der Waals surface area contributed by atoms with Crippen molar-refractivity contribution in [2.24, 2.45) is 0 Å². The van der Waals surface area contributed by atoms with Crippen LogP contribution < -0.4 is 0 Å². The van der Waals surface area contributed by atoms with Crippen LogP contribution in [0.4, 0.5) is 0 Å². The number of aliphatic carboxylic acids is 3. The Bertz CT molecular complexity index is 311. The molecule has 22 heavy (non-hydrogen) atoms. The van der Waals surface area contributed by atoms with Crippen molar-refractivity contribution in [1.82, 2.24) is 0 Å². The van der Waals surface area contributed by atoms with Crippen LogP contribution in [0.5, 0.6) is 0 Å². The van der Waals surface area contributed by atoms with E-state index in [0.717, 1.165) is 12.8 Å². The Balaban J connectivity index is 0. The molecule has 0 saturated heterocycles. The van der Waals surface area contributed by atoms with Crippen molar-refractivity contribution in [2.45, 2.75) is 70.5 Å². The molecule has 0 fully saturated rings. The van der Waals surface area contributed by atoms with Crippen LogP contribution in [0, 0.1) is 0 Å². The Morgan fingerprint density at radius 3 is 1.41 bits per heavy atom. The zero-order valence-electron chi connectivity index (χ0n) is 12.8. The van der Waals surface area contributed by atoms with Crippen LogP contribution in [-0.2, 0) is 14.4 Å². The van der Waals surface area contributed by atoms with Gasteiger partial charge in [0.05, 0.1) is 0 Å². The number of aliphatic hydroxyl groups is 2. The molecule has 0 amide bonds. The number of rotatable bonds is 11. The highest BCUT2D eigenvalue weighted by atomic mass is 16.4. The molecular weight excluding hydrogens is 296 g/mol. The van der Waals surface area contributed by atoms with Crippen molar-refractivity contribution in [1.29, 1.82) is 0 Å². The normalized spacial score (nSPS) is 12.7. The predicted molar refractivity (Wildman–Crippen MR) is 77.5 cm³/mol. The molecule has 0 radical (unpaired) electrons. The molecule has 8 nitrogen and oxygen atoms in total. The first-order valence-corrected chi connectivity index (χ1v) is 7.27. The van der Waals surface area contributed by atoms with Crippen LogP contribution in [0.2, 0.25) is 0 Å². The van der Waals surface area contributed by atoms with Gasteiger partial charge < -0.3 is 25.5 Å². The molecule has 0 aromatic carbocycles. The van der Waals surface area contributed by atoms with Crippen molar-refractivity contribution in [3.8, 4) is 0 Å². The van der Waals surface area contributed by atoms with Crippen molar-refractivity contribution >= 4 is 17.9 Å². The molecule has 2 atom stereocenters. The molecule has 2 unspecified atom stereocenters. The SMILES string of the molecule is CCCCCCCCCC(=O)O.O=C(O)C(O)C(O)C(=O)O. The highest BCUT2D eigenvalue weighted by molar-refractivity contribution is 5.83. The zero-order valence-corrected chi connectivity index (χ0v) is 12.8. The van der Waals surface area contributed by atoms with Gasteiger partial charge in [0, 0.05) is 6.42 Å². The number of carboxylic acids is 3. The first-order valence-electron chi connectivity index (χ1n) is 7.27. The smallest absolute Gasteiger partial charge is 0.335 e. The fourth-order valence-corrected chi connectivity index (χ4v) is 1.50. The third-order valence-electron chi connectivity index (χ3n) is 2.80. The quantitative estimate of drug-likeness (QED) is 0.354. The number of hydrogen-bond donors (Lipinski definition) is 5. The van der Waals surface area contributed by atoms with Gasteiger partial charge in [0.2, 0.25) is 0 Å². The molecule has 0 aliphatic carbocycles. The van der Waals surface area contributed by atoms with Gasteiger partial charge in [-0.1, -0.05) is 45.4 Å². The first kappa shape index (κ1) is 22.6. The van der Waals surface area contributed by atoms with Crippen LogP contribution in [0.25, 0.3) is 0 Å². The molecule has 0 heterocycles. The highest BCUT2D eigenvalue weighted by Crippen LogP contribution is 2.07. The van der Waals surface area contributed by atoms with E-state index >= 15 is 0 Å². The topological polar surface area (TPSA) is 152 Å². The molecule has 5 N–H and O–H groups in total. The summed E-state index contributed by atoms with van der Waals surface area (Å²) in [6.07, 6.45) is 4.11. The maximum absolute atomic E-state index is 10.1. The Kier molecular flexibility index (Phi) is 14.7. The summed E-state index contributed by atoms with van der Waals surface area (Å²) in [6, 6.07) is 0. The molecule has 0 aliphatic rings. The van der Waals surface area contributed by atoms with E-state index in [-0.39, 0.29) is 0 Å². The lowest BCUT2D eigenvalue weighted by Crippen LogP contribution is -2.39. The van der Waals surface area contributed by atoms with Gasteiger partial charge in [-0.25, -0.2) is 9.59 Å². The van der Waals surface area contributed by atoms with E-state index < -0.39 is 30.1 Å². The van der Waals surface area contributed by atoms with Gasteiger partial charge >= 0.3 is 17.9 Å². The predicted octanol–water partition coefficient (Wildman–Crippen LogP) is 1.09. The lowest BCUT2D eigenvalue weighted by molar-refractivity contribution is -0.165. The van der Waals surface area contributed by atoms with Crippen LogP contribution in [0.15, 0.2) is 0 Å². The second-order valence-corrected chi connectivity index (χ2v) is 4.83. The maximum atomic E-state index is 10.1. The van der Waals surface area contributed by atoms with E-state index in [9.17, 15) is 14.4 Å². The minimum absolute atomic E-state index is 0.341. The summed E-state index contributed by atoms with van der Waals surface area (Å²) in [6.45, 7) is 2.20. The summed E-state index contributed by atoms with van der Waals surface area (Å²) < 4.78 is 0. The Hall–Kier alpha value is -1.67. The average molecular weight is 322 g/mol. The summed E-state index contributed by atoms with van der Waals surface area (Å²) >= 11 is 0. The molecule has 0 rings (SSSR count). The number of unbranched alkanes of at least 4 members (excludes halogenated alkanes) is 6. The standard InChI is InChI=1S/C10H20O2.C4H6O6/c1-2-3-4-5-6-7-8-9-10(11)12;5-1(3(7)8)2(6)4(9)10/h2-9H2,1H3,(H,11,12);1-2,5-6H,(H,7,8)(H,9,10). The van der Waals surface area contributed by atoms with E-state index in [0.29, 0.717) is 6.42 Å².